The Kier molecular flexibility index (Phi) is 9.65. The molecule has 3 aliphatic rings. The van der Waals surface area contributed by atoms with Crippen LogP contribution in [0.4, 0.5) is 0 Å². The number of likely N-dealkylation sites (tertiary alicyclic amines) is 1. The maximum atomic E-state index is 12.4. The molecule has 3 unspecified atom stereocenters. The van der Waals surface area contributed by atoms with E-state index in [9.17, 15) is 9.90 Å². The molecule has 3 N–H and O–H groups in total. The van der Waals surface area contributed by atoms with E-state index in [1.54, 1.807) is 18.2 Å². The number of hydrogen-bond acceptors (Lipinski definition) is 5. The Bertz CT molecular complexity index is 868. The second kappa shape index (κ2) is 12.3. The van der Waals surface area contributed by atoms with Gasteiger partial charge in [-0.3, -0.25) is 9.69 Å². The predicted molar refractivity (Wildman–Crippen MR) is 140 cm³/mol. The number of amides is 1. The lowest BCUT2D eigenvalue weighted by molar-refractivity contribution is -0.152. The summed E-state index contributed by atoms with van der Waals surface area (Å²) in [6.07, 6.45) is 13.1. The highest BCUT2D eigenvalue weighted by Crippen LogP contribution is 2.45. The van der Waals surface area contributed by atoms with E-state index in [0.717, 1.165) is 63.0 Å². The number of phenols is 2. The maximum absolute atomic E-state index is 12.4. The van der Waals surface area contributed by atoms with Crippen molar-refractivity contribution in [1.82, 2.24) is 9.80 Å². The van der Waals surface area contributed by atoms with Crippen LogP contribution in [0.15, 0.2) is 30.4 Å². The van der Waals surface area contributed by atoms with Gasteiger partial charge in [-0.1, -0.05) is 32.4 Å². The maximum Gasteiger partial charge on any atom is 0.246 e. The Morgan fingerprint density at radius 2 is 1.91 bits per heavy atom. The van der Waals surface area contributed by atoms with E-state index in [-0.39, 0.29) is 29.5 Å². The molecule has 0 spiro atoms. The Hall–Kier alpha value is -2.05. The van der Waals surface area contributed by atoms with Crippen LogP contribution in [-0.4, -0.2) is 68.8 Å². The molecule has 1 heterocycles. The first-order chi connectivity index (χ1) is 16.7. The number of phenolic OH excluding ortho intramolecular Hbond substituents is 2. The number of hydrogen-bond donors (Lipinski definition) is 3. The molecule has 35 heavy (non-hydrogen) atoms. The minimum Gasteiger partial charge on any atom is -0.504 e. The minimum atomic E-state index is -0.564. The quantitative estimate of drug-likeness (QED) is 0.378. The average molecular weight is 487 g/mol. The third-order valence-electron chi connectivity index (χ3n) is 8.43. The van der Waals surface area contributed by atoms with Crippen molar-refractivity contribution in [3.63, 3.8) is 0 Å². The molecule has 4 rings (SSSR count). The SMILES string of the molecule is CCC/C=C/C(=O)N(C)C1CCC2(O)C(CCN(CC3CC3)[C@@H]2C)C1.CCc1ccc(O)c(O)c1. The molecule has 196 valence electrons. The molecule has 1 aliphatic heterocycles. The summed E-state index contributed by atoms with van der Waals surface area (Å²) in [5, 5.41) is 29.3. The highest BCUT2D eigenvalue weighted by molar-refractivity contribution is 5.87. The summed E-state index contributed by atoms with van der Waals surface area (Å²) in [6.45, 7) is 8.60. The summed E-state index contributed by atoms with van der Waals surface area (Å²) in [5.74, 6) is 1.21. The second-order valence-corrected chi connectivity index (χ2v) is 10.8. The van der Waals surface area contributed by atoms with Gasteiger partial charge in [-0.25, -0.2) is 0 Å². The van der Waals surface area contributed by atoms with Crippen LogP contribution in [0.1, 0.15) is 77.7 Å². The number of rotatable bonds is 7. The zero-order valence-corrected chi connectivity index (χ0v) is 22.1. The van der Waals surface area contributed by atoms with E-state index < -0.39 is 5.60 Å². The van der Waals surface area contributed by atoms with Crippen molar-refractivity contribution in [2.45, 2.75) is 96.2 Å². The summed E-state index contributed by atoms with van der Waals surface area (Å²) in [5.41, 5.74) is 0.460. The Morgan fingerprint density at radius 3 is 2.54 bits per heavy atom. The Morgan fingerprint density at radius 1 is 1.17 bits per heavy atom. The molecule has 0 radical (unpaired) electrons. The predicted octanol–water partition coefficient (Wildman–Crippen LogP) is 4.87. The summed E-state index contributed by atoms with van der Waals surface area (Å²) >= 11 is 0. The lowest BCUT2D eigenvalue weighted by Crippen LogP contribution is -2.63. The van der Waals surface area contributed by atoms with Crippen molar-refractivity contribution in [3.8, 4) is 11.5 Å². The lowest BCUT2D eigenvalue weighted by Gasteiger charge is -2.54. The van der Waals surface area contributed by atoms with Gasteiger partial charge in [-0.05, 0) is 100 Å². The molecule has 1 aromatic rings. The van der Waals surface area contributed by atoms with Crippen molar-refractivity contribution in [1.29, 1.82) is 0 Å². The van der Waals surface area contributed by atoms with Crippen molar-refractivity contribution < 1.29 is 20.1 Å². The van der Waals surface area contributed by atoms with Crippen LogP contribution in [0.3, 0.4) is 0 Å². The molecule has 6 heteroatoms. The van der Waals surface area contributed by atoms with Crippen LogP contribution < -0.4 is 0 Å². The zero-order valence-electron chi connectivity index (χ0n) is 22.1. The fourth-order valence-electron chi connectivity index (χ4n) is 5.67. The summed E-state index contributed by atoms with van der Waals surface area (Å²) < 4.78 is 0. The molecule has 0 aromatic heterocycles. The van der Waals surface area contributed by atoms with Crippen LogP contribution in [0.2, 0.25) is 0 Å². The lowest BCUT2D eigenvalue weighted by atomic mass is 9.66. The Balaban J connectivity index is 0.000000287. The Labute approximate surface area is 211 Å². The van der Waals surface area contributed by atoms with E-state index >= 15 is 0 Å². The third-order valence-corrected chi connectivity index (χ3v) is 8.43. The zero-order chi connectivity index (χ0) is 25.6. The number of aliphatic hydroxyl groups is 1. The van der Waals surface area contributed by atoms with Crippen molar-refractivity contribution in [2.24, 2.45) is 11.8 Å². The summed E-state index contributed by atoms with van der Waals surface area (Å²) in [6, 6.07) is 5.36. The number of fused-ring (bicyclic) bond motifs is 1. The molecule has 3 fully saturated rings. The first-order valence-corrected chi connectivity index (χ1v) is 13.6. The van der Waals surface area contributed by atoms with Gasteiger partial charge in [0.15, 0.2) is 11.5 Å². The molecular formula is C29H46N2O4. The highest BCUT2D eigenvalue weighted by Gasteiger charge is 2.51. The van der Waals surface area contributed by atoms with E-state index in [1.165, 1.54) is 25.5 Å². The standard InChI is InChI=1S/C21H36N2O2.C8H10O2/c1-4-5-6-7-20(24)22(3)19-10-12-21(25)16(2)23(15-17-8-9-17)13-11-18(21)14-19;1-2-6-3-4-7(9)8(10)5-6/h6-7,16-19,25H,4-5,8-15H2,1-3H3;3-5,9-10H,2H2,1H3/b7-6+;/t16-,18?,19?,21?;/m1./s1. The molecule has 4 atom stereocenters. The van der Waals surface area contributed by atoms with Crippen molar-refractivity contribution in [3.05, 3.63) is 35.9 Å². The molecule has 1 aromatic carbocycles. The fourth-order valence-corrected chi connectivity index (χ4v) is 5.67. The number of aromatic hydroxyl groups is 2. The van der Waals surface area contributed by atoms with Gasteiger partial charge in [0.25, 0.3) is 0 Å². The van der Waals surface area contributed by atoms with Gasteiger partial charge in [0.1, 0.15) is 0 Å². The van der Waals surface area contributed by atoms with Gasteiger partial charge >= 0.3 is 0 Å². The number of allylic oxidation sites excluding steroid dienone is 1. The molecule has 2 saturated carbocycles. The number of likely N-dealkylation sites (N-methyl/N-ethyl adjacent to an activating group) is 1. The largest absolute Gasteiger partial charge is 0.504 e. The summed E-state index contributed by atoms with van der Waals surface area (Å²) in [4.78, 5) is 16.8. The third kappa shape index (κ3) is 7.01. The number of unbranched alkanes of at least 4 members (excludes halogenated alkanes) is 1. The van der Waals surface area contributed by atoms with Gasteiger partial charge in [0.2, 0.25) is 5.91 Å². The molecule has 1 amide bonds. The van der Waals surface area contributed by atoms with Gasteiger partial charge in [0, 0.05) is 25.7 Å². The number of nitrogens with zero attached hydrogens (tertiary/aromatic N) is 2. The van der Waals surface area contributed by atoms with Gasteiger partial charge in [-0.2, -0.15) is 0 Å². The first-order valence-electron chi connectivity index (χ1n) is 13.6. The smallest absolute Gasteiger partial charge is 0.246 e. The molecule has 2 aliphatic carbocycles. The van der Waals surface area contributed by atoms with Gasteiger partial charge in [0.05, 0.1) is 5.60 Å². The molecule has 0 bridgehead atoms. The van der Waals surface area contributed by atoms with Crippen LogP contribution in [0, 0.1) is 11.8 Å². The number of benzene rings is 1. The van der Waals surface area contributed by atoms with E-state index in [2.05, 4.69) is 18.7 Å². The van der Waals surface area contributed by atoms with Crippen LogP contribution in [0.5, 0.6) is 11.5 Å². The second-order valence-electron chi connectivity index (χ2n) is 10.8. The van der Waals surface area contributed by atoms with Crippen molar-refractivity contribution >= 4 is 5.91 Å². The van der Waals surface area contributed by atoms with E-state index in [1.807, 2.05) is 24.9 Å². The van der Waals surface area contributed by atoms with Crippen molar-refractivity contribution in [2.75, 3.05) is 20.1 Å². The molecular weight excluding hydrogens is 440 g/mol. The number of piperidine rings is 1. The fraction of sp³-hybridized carbons (Fsp3) is 0.690. The van der Waals surface area contributed by atoms with Crippen LogP contribution in [-0.2, 0) is 11.2 Å². The van der Waals surface area contributed by atoms with Crippen LogP contribution in [0.25, 0.3) is 0 Å². The number of carbonyl (C=O) groups is 1. The molecule has 1 saturated heterocycles. The first kappa shape index (κ1) is 27.5. The highest BCUT2D eigenvalue weighted by atomic mass is 16.3. The van der Waals surface area contributed by atoms with E-state index in [0.29, 0.717) is 5.92 Å². The van der Waals surface area contributed by atoms with Gasteiger partial charge < -0.3 is 20.2 Å². The summed E-state index contributed by atoms with van der Waals surface area (Å²) in [7, 11) is 1.93. The van der Waals surface area contributed by atoms with Crippen LogP contribution >= 0.6 is 0 Å². The molecule has 6 nitrogen and oxygen atoms in total. The monoisotopic (exact) mass is 486 g/mol. The van der Waals surface area contributed by atoms with E-state index in [4.69, 9.17) is 10.2 Å². The van der Waals surface area contributed by atoms with Gasteiger partial charge in [-0.15, -0.1) is 0 Å². The number of aryl methyl sites for hydroxylation is 1. The topological polar surface area (TPSA) is 84.2 Å². The average Bonchev–Trinajstić information content (AvgIpc) is 3.67. The normalized spacial score (nSPS) is 28.8. The number of carbonyl (C=O) groups excluding carboxylic acids is 1. The minimum absolute atomic E-state index is 0.0423.